The van der Waals surface area contributed by atoms with Gasteiger partial charge in [-0.25, -0.2) is 4.98 Å². The number of guanidine groups is 1. The van der Waals surface area contributed by atoms with Gasteiger partial charge in [-0.15, -0.1) is 0 Å². The standard InChI is InChI=1S/C8H13N5O/c9-8(10)13-3-6(7(14)4-13)12-2-1-11-5-12/h1-2,5-7,14H,3-4H2,(H3,9,10). The van der Waals surface area contributed by atoms with Crippen LogP contribution in [0.15, 0.2) is 18.7 Å². The quantitative estimate of drug-likeness (QED) is 0.395. The van der Waals surface area contributed by atoms with Gasteiger partial charge in [0.15, 0.2) is 5.96 Å². The van der Waals surface area contributed by atoms with E-state index in [1.165, 1.54) is 0 Å². The van der Waals surface area contributed by atoms with Crippen molar-refractivity contribution in [1.29, 1.82) is 5.41 Å². The van der Waals surface area contributed by atoms with E-state index < -0.39 is 6.10 Å². The summed E-state index contributed by atoms with van der Waals surface area (Å²) in [4.78, 5) is 5.57. The van der Waals surface area contributed by atoms with Crippen molar-refractivity contribution in [3.8, 4) is 0 Å². The summed E-state index contributed by atoms with van der Waals surface area (Å²) in [5, 5.41) is 17.0. The Morgan fingerprint density at radius 1 is 1.57 bits per heavy atom. The van der Waals surface area contributed by atoms with Gasteiger partial charge in [0, 0.05) is 25.5 Å². The second kappa shape index (κ2) is 3.30. The Balaban J connectivity index is 2.12. The molecule has 0 spiro atoms. The third-order valence-electron chi connectivity index (χ3n) is 2.51. The smallest absolute Gasteiger partial charge is 0.188 e. The maximum Gasteiger partial charge on any atom is 0.188 e. The summed E-state index contributed by atoms with van der Waals surface area (Å²) in [5.74, 6) is 0.00617. The fourth-order valence-corrected chi connectivity index (χ4v) is 1.72. The highest BCUT2D eigenvalue weighted by atomic mass is 16.3. The van der Waals surface area contributed by atoms with E-state index in [9.17, 15) is 5.11 Å². The number of β-amino-alcohol motifs (C(OH)–C–C–N with tert-alkyl or cyclic N) is 1. The van der Waals surface area contributed by atoms with Gasteiger partial charge in [-0.3, -0.25) is 5.41 Å². The van der Waals surface area contributed by atoms with E-state index in [2.05, 4.69) is 4.98 Å². The monoisotopic (exact) mass is 195 g/mol. The van der Waals surface area contributed by atoms with Crippen molar-refractivity contribution in [3.05, 3.63) is 18.7 Å². The highest BCUT2D eigenvalue weighted by Gasteiger charge is 2.32. The normalized spacial score (nSPS) is 26.8. The van der Waals surface area contributed by atoms with Crippen molar-refractivity contribution in [3.63, 3.8) is 0 Å². The molecule has 0 aliphatic carbocycles. The van der Waals surface area contributed by atoms with Gasteiger partial charge in [-0.05, 0) is 0 Å². The molecular weight excluding hydrogens is 182 g/mol. The average Bonchev–Trinajstić information content (AvgIpc) is 2.71. The Morgan fingerprint density at radius 2 is 2.36 bits per heavy atom. The molecule has 2 heterocycles. The van der Waals surface area contributed by atoms with E-state index in [1.54, 1.807) is 23.6 Å². The summed E-state index contributed by atoms with van der Waals surface area (Å²) in [6, 6.07) is -0.0543. The average molecular weight is 195 g/mol. The minimum Gasteiger partial charge on any atom is -0.389 e. The van der Waals surface area contributed by atoms with Crippen molar-refractivity contribution in [2.75, 3.05) is 13.1 Å². The van der Waals surface area contributed by atoms with Gasteiger partial charge < -0.3 is 20.3 Å². The molecular formula is C8H13N5O. The molecule has 0 saturated carbocycles. The zero-order valence-electron chi connectivity index (χ0n) is 7.67. The highest BCUT2D eigenvalue weighted by molar-refractivity contribution is 5.75. The molecule has 6 nitrogen and oxygen atoms in total. The van der Waals surface area contributed by atoms with Crippen molar-refractivity contribution >= 4 is 5.96 Å². The lowest BCUT2D eigenvalue weighted by atomic mass is 10.2. The fourth-order valence-electron chi connectivity index (χ4n) is 1.72. The topological polar surface area (TPSA) is 91.2 Å². The number of aromatic nitrogens is 2. The number of aliphatic hydroxyl groups excluding tert-OH is 1. The Bertz CT molecular complexity index is 322. The van der Waals surface area contributed by atoms with Crippen molar-refractivity contribution in [2.24, 2.45) is 5.73 Å². The van der Waals surface area contributed by atoms with Crippen LogP contribution in [0, 0.1) is 5.41 Å². The van der Waals surface area contributed by atoms with Crippen LogP contribution in [0.2, 0.25) is 0 Å². The van der Waals surface area contributed by atoms with Crippen LogP contribution in [-0.2, 0) is 0 Å². The molecule has 14 heavy (non-hydrogen) atoms. The molecule has 6 heteroatoms. The van der Waals surface area contributed by atoms with E-state index in [-0.39, 0.29) is 12.0 Å². The summed E-state index contributed by atoms with van der Waals surface area (Å²) in [6.45, 7) is 0.977. The molecule has 1 aliphatic heterocycles. The molecule has 76 valence electrons. The number of rotatable bonds is 1. The van der Waals surface area contributed by atoms with Crippen molar-refractivity contribution in [2.45, 2.75) is 12.1 Å². The first kappa shape index (κ1) is 9.01. The first-order valence-electron chi connectivity index (χ1n) is 4.43. The van der Waals surface area contributed by atoms with Crippen LogP contribution in [-0.4, -0.2) is 44.7 Å². The van der Waals surface area contributed by atoms with Crippen LogP contribution in [0.1, 0.15) is 6.04 Å². The van der Waals surface area contributed by atoms with E-state index in [0.717, 1.165) is 0 Å². The molecule has 1 saturated heterocycles. The van der Waals surface area contributed by atoms with Crippen molar-refractivity contribution in [1.82, 2.24) is 14.5 Å². The molecule has 0 aromatic carbocycles. The Morgan fingerprint density at radius 3 is 2.86 bits per heavy atom. The molecule has 4 N–H and O–H groups in total. The van der Waals surface area contributed by atoms with Gasteiger partial charge in [-0.1, -0.05) is 0 Å². The third kappa shape index (κ3) is 1.44. The van der Waals surface area contributed by atoms with Gasteiger partial charge >= 0.3 is 0 Å². The lowest BCUT2D eigenvalue weighted by Crippen LogP contribution is -2.35. The van der Waals surface area contributed by atoms with Crippen LogP contribution >= 0.6 is 0 Å². The largest absolute Gasteiger partial charge is 0.389 e. The molecule has 1 fully saturated rings. The summed E-state index contributed by atoms with van der Waals surface area (Å²) in [6.07, 6.45) is 4.64. The van der Waals surface area contributed by atoms with E-state index in [4.69, 9.17) is 11.1 Å². The zero-order chi connectivity index (χ0) is 10.1. The second-order valence-corrected chi connectivity index (χ2v) is 3.43. The Hall–Kier alpha value is -1.56. The highest BCUT2D eigenvalue weighted by Crippen LogP contribution is 2.21. The number of nitrogens with one attached hydrogen (secondary N) is 1. The summed E-state index contributed by atoms with van der Waals surface area (Å²) in [5.41, 5.74) is 5.35. The Labute approximate surface area is 81.5 Å². The van der Waals surface area contributed by atoms with Crippen LogP contribution in [0.25, 0.3) is 0 Å². The van der Waals surface area contributed by atoms with E-state index in [1.807, 2.05) is 4.57 Å². The Kier molecular flexibility index (Phi) is 2.12. The van der Waals surface area contributed by atoms with Crippen molar-refractivity contribution < 1.29 is 5.11 Å². The maximum atomic E-state index is 9.74. The number of hydrogen-bond acceptors (Lipinski definition) is 3. The minimum absolute atomic E-state index is 0.00617. The van der Waals surface area contributed by atoms with E-state index >= 15 is 0 Å². The predicted molar refractivity (Wildman–Crippen MR) is 50.8 cm³/mol. The van der Waals surface area contributed by atoms with Crippen LogP contribution < -0.4 is 5.73 Å². The minimum atomic E-state index is -0.493. The number of nitrogens with zero attached hydrogens (tertiary/aromatic N) is 3. The molecule has 1 aromatic heterocycles. The summed E-state index contributed by atoms with van der Waals surface area (Å²) in [7, 11) is 0. The zero-order valence-corrected chi connectivity index (χ0v) is 7.67. The molecule has 0 amide bonds. The van der Waals surface area contributed by atoms with Gasteiger partial charge in [0.25, 0.3) is 0 Å². The second-order valence-electron chi connectivity index (χ2n) is 3.43. The number of likely N-dealkylation sites (tertiary alicyclic amines) is 1. The van der Waals surface area contributed by atoms with Crippen LogP contribution in [0.5, 0.6) is 0 Å². The van der Waals surface area contributed by atoms with Gasteiger partial charge in [0.2, 0.25) is 0 Å². The van der Waals surface area contributed by atoms with Gasteiger partial charge in [-0.2, -0.15) is 0 Å². The first-order chi connectivity index (χ1) is 6.68. The summed E-state index contributed by atoms with van der Waals surface area (Å²) >= 11 is 0. The molecule has 2 rings (SSSR count). The van der Waals surface area contributed by atoms with Crippen LogP contribution in [0.4, 0.5) is 0 Å². The molecule has 0 bridgehead atoms. The lowest BCUT2D eigenvalue weighted by molar-refractivity contribution is 0.148. The molecule has 2 unspecified atom stereocenters. The van der Waals surface area contributed by atoms with Crippen LogP contribution in [0.3, 0.4) is 0 Å². The number of aliphatic hydroxyl groups is 1. The maximum absolute atomic E-state index is 9.74. The molecule has 1 aliphatic rings. The predicted octanol–water partition coefficient (Wildman–Crippen LogP) is -1.01. The first-order valence-corrected chi connectivity index (χ1v) is 4.43. The van der Waals surface area contributed by atoms with Gasteiger partial charge in [0.1, 0.15) is 0 Å². The third-order valence-corrected chi connectivity index (χ3v) is 2.51. The lowest BCUT2D eigenvalue weighted by Gasteiger charge is -2.15. The van der Waals surface area contributed by atoms with E-state index in [0.29, 0.717) is 13.1 Å². The SMILES string of the molecule is N=C(N)N1CC(O)C(n2ccnc2)C1. The molecule has 2 atom stereocenters. The molecule has 1 aromatic rings. The number of nitrogens with two attached hydrogens (primary N) is 1. The van der Waals surface area contributed by atoms with Gasteiger partial charge in [0.05, 0.1) is 18.5 Å². The summed E-state index contributed by atoms with van der Waals surface area (Å²) < 4.78 is 1.84. The number of hydrogen-bond donors (Lipinski definition) is 3. The molecule has 0 radical (unpaired) electrons. The fraction of sp³-hybridized carbons (Fsp3) is 0.500. The number of imidazole rings is 1.